The van der Waals surface area contributed by atoms with Crippen molar-refractivity contribution in [1.82, 2.24) is 4.57 Å². The monoisotopic (exact) mass is 296 g/mol. The topological polar surface area (TPSA) is 28.7 Å². The molecule has 0 N–H and O–H groups in total. The van der Waals surface area contributed by atoms with Crippen LogP contribution in [0.4, 0.5) is 0 Å². The van der Waals surface area contributed by atoms with E-state index in [0.29, 0.717) is 5.92 Å². The smallest absolute Gasteiger partial charge is 0.0992 e. The average Bonchev–Trinajstić information content (AvgIpc) is 2.87. The molecule has 2 aromatic rings. The Balaban J connectivity index is 2.25. The van der Waals surface area contributed by atoms with E-state index in [2.05, 4.69) is 43.7 Å². The van der Waals surface area contributed by atoms with Crippen LogP contribution in [0.5, 0.6) is 0 Å². The van der Waals surface area contributed by atoms with Crippen LogP contribution in [0, 0.1) is 11.3 Å². The van der Waals surface area contributed by atoms with Gasteiger partial charge in [-0.3, -0.25) is 0 Å². The van der Waals surface area contributed by atoms with Crippen molar-refractivity contribution in [3.63, 3.8) is 0 Å². The first-order chi connectivity index (χ1) is 10.7. The quantitative estimate of drug-likeness (QED) is 0.557. The molecular weight excluding hydrogens is 268 g/mol. The second kappa shape index (κ2) is 8.03. The zero-order valence-electron chi connectivity index (χ0n) is 14.2. The van der Waals surface area contributed by atoms with Gasteiger partial charge in [0.05, 0.1) is 11.6 Å². The van der Waals surface area contributed by atoms with Gasteiger partial charge >= 0.3 is 0 Å². The first-order valence-electron chi connectivity index (χ1n) is 8.70. The molecule has 0 aliphatic carbocycles. The lowest BCUT2D eigenvalue weighted by molar-refractivity contribution is 0.503. The predicted octanol–water partition coefficient (Wildman–Crippen LogP) is 5.90. The number of hydrogen-bond acceptors (Lipinski definition) is 1. The van der Waals surface area contributed by atoms with Crippen LogP contribution in [-0.4, -0.2) is 4.57 Å². The Hall–Kier alpha value is -1.75. The first-order valence-corrected chi connectivity index (χ1v) is 8.70. The predicted molar refractivity (Wildman–Crippen MR) is 94.0 cm³/mol. The Morgan fingerprint density at radius 3 is 2.55 bits per heavy atom. The zero-order valence-corrected chi connectivity index (χ0v) is 14.2. The lowest BCUT2D eigenvalue weighted by Crippen LogP contribution is -2.05. The highest BCUT2D eigenvalue weighted by atomic mass is 14.9. The minimum atomic E-state index is 0.643. The fraction of sp³-hybridized carbons (Fsp3) is 0.550. The summed E-state index contributed by atoms with van der Waals surface area (Å²) in [5, 5.41) is 10.4. The Morgan fingerprint density at radius 2 is 1.86 bits per heavy atom. The van der Waals surface area contributed by atoms with Gasteiger partial charge in [-0.2, -0.15) is 5.26 Å². The number of aryl methyl sites for hydroxylation is 1. The van der Waals surface area contributed by atoms with E-state index in [0.717, 1.165) is 5.56 Å². The molecule has 0 amide bonds. The van der Waals surface area contributed by atoms with Crippen molar-refractivity contribution in [2.75, 3.05) is 0 Å². The maximum absolute atomic E-state index is 9.10. The van der Waals surface area contributed by atoms with E-state index < -0.39 is 0 Å². The Labute approximate surface area is 134 Å². The lowest BCUT2D eigenvalue weighted by atomic mass is 9.93. The summed E-state index contributed by atoms with van der Waals surface area (Å²) < 4.78 is 2.30. The van der Waals surface area contributed by atoms with Crippen LogP contribution in [0.1, 0.15) is 76.0 Å². The number of benzene rings is 1. The van der Waals surface area contributed by atoms with Crippen molar-refractivity contribution in [3.8, 4) is 6.07 Å². The largest absolute Gasteiger partial charge is 0.347 e. The standard InChI is InChI=1S/C20H28N2/c1-4-6-7-8-10-17(9-5-2)20-14-18-12-11-16(15-21)13-19(18)22(20)3/h11-14,17H,4-10H2,1-3H3. The molecule has 1 unspecified atom stereocenters. The SMILES string of the molecule is CCCCCCC(CCC)c1cc2ccc(C#N)cc2n1C. The summed E-state index contributed by atoms with van der Waals surface area (Å²) in [5.74, 6) is 0.643. The molecule has 1 heterocycles. The number of nitriles is 1. The number of aromatic nitrogens is 1. The maximum Gasteiger partial charge on any atom is 0.0992 e. The van der Waals surface area contributed by atoms with E-state index in [-0.39, 0.29) is 0 Å². The van der Waals surface area contributed by atoms with E-state index in [1.165, 1.54) is 61.5 Å². The van der Waals surface area contributed by atoms with Crippen LogP contribution >= 0.6 is 0 Å². The van der Waals surface area contributed by atoms with E-state index in [4.69, 9.17) is 5.26 Å². The third kappa shape index (κ3) is 3.71. The second-order valence-corrected chi connectivity index (χ2v) is 6.35. The Morgan fingerprint density at radius 1 is 1.05 bits per heavy atom. The van der Waals surface area contributed by atoms with Crippen LogP contribution < -0.4 is 0 Å². The van der Waals surface area contributed by atoms with Gasteiger partial charge in [-0.25, -0.2) is 0 Å². The van der Waals surface area contributed by atoms with Crippen molar-refractivity contribution < 1.29 is 0 Å². The molecule has 2 rings (SSSR count). The summed E-state index contributed by atoms with van der Waals surface area (Å²) in [6, 6.07) is 10.6. The van der Waals surface area contributed by atoms with E-state index in [1.807, 2.05) is 12.1 Å². The van der Waals surface area contributed by atoms with E-state index in [9.17, 15) is 0 Å². The van der Waals surface area contributed by atoms with Gasteiger partial charge in [-0.1, -0.05) is 52.0 Å². The molecule has 0 saturated heterocycles. The van der Waals surface area contributed by atoms with Crippen molar-refractivity contribution in [3.05, 3.63) is 35.5 Å². The lowest BCUT2D eigenvalue weighted by Gasteiger charge is -2.17. The van der Waals surface area contributed by atoms with Crippen LogP contribution in [0.15, 0.2) is 24.3 Å². The highest BCUT2D eigenvalue weighted by molar-refractivity contribution is 5.82. The molecule has 22 heavy (non-hydrogen) atoms. The molecule has 118 valence electrons. The summed E-state index contributed by atoms with van der Waals surface area (Å²) in [7, 11) is 2.15. The summed E-state index contributed by atoms with van der Waals surface area (Å²) in [4.78, 5) is 0. The summed E-state index contributed by atoms with van der Waals surface area (Å²) in [5.41, 5.74) is 3.36. The minimum absolute atomic E-state index is 0.643. The normalized spacial score (nSPS) is 12.5. The van der Waals surface area contributed by atoms with Gasteiger partial charge in [0, 0.05) is 18.3 Å². The van der Waals surface area contributed by atoms with Crippen LogP contribution in [0.3, 0.4) is 0 Å². The first kappa shape index (κ1) is 16.6. The maximum atomic E-state index is 9.10. The molecule has 0 fully saturated rings. The molecule has 2 heteroatoms. The Kier molecular flexibility index (Phi) is 6.07. The van der Waals surface area contributed by atoms with Crippen molar-refractivity contribution in [1.29, 1.82) is 5.26 Å². The summed E-state index contributed by atoms with van der Waals surface area (Å²) >= 11 is 0. The van der Waals surface area contributed by atoms with Gasteiger partial charge in [0.2, 0.25) is 0 Å². The zero-order chi connectivity index (χ0) is 15.9. The van der Waals surface area contributed by atoms with Crippen LogP contribution in [-0.2, 0) is 7.05 Å². The van der Waals surface area contributed by atoms with Gasteiger partial charge in [0.25, 0.3) is 0 Å². The van der Waals surface area contributed by atoms with Crippen molar-refractivity contribution in [2.45, 2.75) is 64.7 Å². The fourth-order valence-electron chi connectivity index (χ4n) is 3.42. The minimum Gasteiger partial charge on any atom is -0.347 e. The van der Waals surface area contributed by atoms with Gasteiger partial charge in [0.15, 0.2) is 0 Å². The number of nitrogens with zero attached hydrogens (tertiary/aromatic N) is 2. The van der Waals surface area contributed by atoms with Gasteiger partial charge in [-0.05, 0) is 42.3 Å². The average molecular weight is 296 g/mol. The Bertz CT molecular complexity index is 646. The second-order valence-electron chi connectivity index (χ2n) is 6.35. The highest BCUT2D eigenvalue weighted by Gasteiger charge is 2.16. The molecular formula is C20H28N2. The third-order valence-corrected chi connectivity index (χ3v) is 4.67. The number of rotatable bonds is 8. The molecule has 0 spiro atoms. The van der Waals surface area contributed by atoms with Gasteiger partial charge in [-0.15, -0.1) is 0 Å². The van der Waals surface area contributed by atoms with E-state index in [1.54, 1.807) is 0 Å². The summed E-state index contributed by atoms with van der Waals surface area (Å²) in [6.07, 6.45) is 9.07. The van der Waals surface area contributed by atoms with Crippen LogP contribution in [0.2, 0.25) is 0 Å². The number of fused-ring (bicyclic) bond motifs is 1. The van der Waals surface area contributed by atoms with Gasteiger partial charge < -0.3 is 4.57 Å². The van der Waals surface area contributed by atoms with Crippen LogP contribution in [0.25, 0.3) is 10.9 Å². The molecule has 1 atom stereocenters. The molecule has 1 aromatic carbocycles. The third-order valence-electron chi connectivity index (χ3n) is 4.67. The molecule has 1 aromatic heterocycles. The number of hydrogen-bond donors (Lipinski definition) is 0. The molecule has 2 nitrogen and oxygen atoms in total. The molecule has 0 aliphatic rings. The number of unbranched alkanes of at least 4 members (excludes halogenated alkanes) is 3. The molecule has 0 bridgehead atoms. The fourth-order valence-corrected chi connectivity index (χ4v) is 3.42. The summed E-state index contributed by atoms with van der Waals surface area (Å²) in [6.45, 7) is 4.54. The van der Waals surface area contributed by atoms with Gasteiger partial charge in [0.1, 0.15) is 0 Å². The molecule has 0 aliphatic heterocycles. The van der Waals surface area contributed by atoms with Crippen molar-refractivity contribution >= 4 is 10.9 Å². The van der Waals surface area contributed by atoms with E-state index >= 15 is 0 Å². The van der Waals surface area contributed by atoms with Crippen molar-refractivity contribution in [2.24, 2.45) is 7.05 Å². The highest BCUT2D eigenvalue weighted by Crippen LogP contribution is 2.32. The molecule has 0 saturated carbocycles. The molecule has 0 radical (unpaired) electrons.